The van der Waals surface area contributed by atoms with Gasteiger partial charge in [0, 0.05) is 24.5 Å². The molecule has 0 saturated carbocycles. The summed E-state index contributed by atoms with van der Waals surface area (Å²) in [4.78, 5) is 20.2. The zero-order valence-electron chi connectivity index (χ0n) is 14.7. The topological polar surface area (TPSA) is 95.1 Å². The fraction of sp³-hybridized carbons (Fsp3) is 0.278. The van der Waals surface area contributed by atoms with Gasteiger partial charge in [0.25, 0.3) is 0 Å². The van der Waals surface area contributed by atoms with E-state index in [-0.39, 0.29) is 0 Å². The minimum absolute atomic E-state index is 0.441. The van der Waals surface area contributed by atoms with Crippen LogP contribution in [0, 0.1) is 0 Å². The van der Waals surface area contributed by atoms with Crippen molar-refractivity contribution in [2.24, 2.45) is 7.05 Å². The van der Waals surface area contributed by atoms with Crippen LogP contribution in [0.15, 0.2) is 36.8 Å². The Labute approximate surface area is 145 Å². The molecule has 0 aliphatic heterocycles. The van der Waals surface area contributed by atoms with E-state index in [9.17, 15) is 4.79 Å². The molecule has 3 aromatic rings. The predicted molar refractivity (Wildman–Crippen MR) is 98.2 cm³/mol. The number of anilines is 2. The number of hydrogen-bond donors (Lipinski definition) is 2. The lowest BCUT2D eigenvalue weighted by Gasteiger charge is -2.19. The van der Waals surface area contributed by atoms with Crippen LogP contribution >= 0.6 is 0 Å². The molecule has 2 aromatic heterocycles. The summed E-state index contributed by atoms with van der Waals surface area (Å²) >= 11 is 0. The number of rotatable bonds is 2. The highest BCUT2D eigenvalue weighted by Crippen LogP contribution is 2.32. The van der Waals surface area contributed by atoms with E-state index in [4.69, 9.17) is 10.5 Å². The van der Waals surface area contributed by atoms with Gasteiger partial charge in [-0.2, -0.15) is 0 Å². The van der Waals surface area contributed by atoms with Crippen molar-refractivity contribution in [2.45, 2.75) is 26.4 Å². The lowest BCUT2D eigenvalue weighted by Crippen LogP contribution is -2.27. The van der Waals surface area contributed by atoms with Crippen molar-refractivity contribution >= 4 is 28.6 Å². The molecule has 0 unspecified atom stereocenters. The average molecular weight is 339 g/mol. The molecule has 0 aliphatic carbocycles. The van der Waals surface area contributed by atoms with Crippen LogP contribution in [0.5, 0.6) is 0 Å². The van der Waals surface area contributed by atoms with Gasteiger partial charge in [-0.25, -0.2) is 14.8 Å². The number of nitrogen functional groups attached to an aromatic ring is 1. The molecule has 7 nitrogen and oxygen atoms in total. The van der Waals surface area contributed by atoms with Gasteiger partial charge in [0.15, 0.2) is 0 Å². The number of ether oxygens (including phenoxy) is 1. The first-order valence-corrected chi connectivity index (χ1v) is 7.90. The number of aromatic nitrogens is 3. The molecule has 0 radical (unpaired) electrons. The molecule has 2 heterocycles. The average Bonchev–Trinajstić information content (AvgIpc) is 2.85. The van der Waals surface area contributed by atoms with E-state index in [0.717, 1.165) is 22.2 Å². The maximum atomic E-state index is 11.8. The van der Waals surface area contributed by atoms with Crippen molar-refractivity contribution in [3.05, 3.63) is 36.8 Å². The van der Waals surface area contributed by atoms with Crippen molar-refractivity contribution in [1.29, 1.82) is 0 Å². The maximum Gasteiger partial charge on any atom is 0.412 e. The van der Waals surface area contributed by atoms with Gasteiger partial charge in [0.2, 0.25) is 0 Å². The van der Waals surface area contributed by atoms with Gasteiger partial charge in [-0.15, -0.1) is 0 Å². The number of nitrogens with one attached hydrogen (secondary N) is 1. The quantitative estimate of drug-likeness (QED) is 0.744. The van der Waals surface area contributed by atoms with E-state index in [1.165, 1.54) is 6.33 Å². The molecule has 130 valence electrons. The molecule has 0 fully saturated rings. The number of aryl methyl sites for hydroxylation is 1. The van der Waals surface area contributed by atoms with E-state index >= 15 is 0 Å². The lowest BCUT2D eigenvalue weighted by molar-refractivity contribution is 0.0636. The van der Waals surface area contributed by atoms with E-state index in [1.54, 1.807) is 0 Å². The first-order chi connectivity index (χ1) is 11.7. The first-order valence-electron chi connectivity index (χ1n) is 7.90. The SMILES string of the molecule is Cn1cc(-c2ccc(NC(=O)OC(C)(C)C)cc2)c2c(N)ncnc21. The van der Waals surface area contributed by atoms with Crippen LogP contribution in [0.2, 0.25) is 0 Å². The van der Waals surface area contributed by atoms with Gasteiger partial charge in [-0.3, -0.25) is 5.32 Å². The van der Waals surface area contributed by atoms with Crippen molar-refractivity contribution in [2.75, 3.05) is 11.1 Å². The second kappa shape index (κ2) is 6.08. The molecular weight excluding hydrogens is 318 g/mol. The highest BCUT2D eigenvalue weighted by molar-refractivity contribution is 6.00. The summed E-state index contributed by atoms with van der Waals surface area (Å²) in [5.41, 5.74) is 8.82. The number of carbonyl (C=O) groups excluding carboxylic acids is 1. The van der Waals surface area contributed by atoms with Crippen molar-refractivity contribution in [3.63, 3.8) is 0 Å². The largest absolute Gasteiger partial charge is 0.444 e. The molecule has 3 N–H and O–H groups in total. The second-order valence-corrected chi connectivity index (χ2v) is 6.82. The van der Waals surface area contributed by atoms with Crippen LogP contribution in [0.25, 0.3) is 22.2 Å². The number of amides is 1. The molecule has 0 spiro atoms. The third kappa shape index (κ3) is 3.55. The molecule has 0 aliphatic rings. The Kier molecular flexibility index (Phi) is 4.08. The summed E-state index contributed by atoms with van der Waals surface area (Å²) in [7, 11) is 1.91. The number of carbonyl (C=O) groups is 1. The van der Waals surface area contributed by atoms with Gasteiger partial charge in [0.1, 0.15) is 23.4 Å². The van der Waals surface area contributed by atoms with Gasteiger partial charge in [-0.05, 0) is 38.5 Å². The summed E-state index contributed by atoms with van der Waals surface area (Å²) in [5, 5.41) is 3.53. The minimum atomic E-state index is -0.537. The van der Waals surface area contributed by atoms with Crippen LogP contribution in [0.3, 0.4) is 0 Å². The van der Waals surface area contributed by atoms with E-state index in [0.29, 0.717) is 11.5 Å². The van der Waals surface area contributed by atoms with E-state index < -0.39 is 11.7 Å². The van der Waals surface area contributed by atoms with Crippen molar-refractivity contribution in [3.8, 4) is 11.1 Å². The van der Waals surface area contributed by atoms with Gasteiger partial charge >= 0.3 is 6.09 Å². The molecule has 0 atom stereocenters. The Bertz CT molecular complexity index is 923. The third-order valence-electron chi connectivity index (χ3n) is 3.62. The van der Waals surface area contributed by atoms with Crippen LogP contribution in [-0.2, 0) is 11.8 Å². The number of nitrogens with two attached hydrogens (primary N) is 1. The second-order valence-electron chi connectivity index (χ2n) is 6.82. The fourth-order valence-corrected chi connectivity index (χ4v) is 2.61. The highest BCUT2D eigenvalue weighted by atomic mass is 16.6. The molecule has 1 aromatic carbocycles. The Morgan fingerprint density at radius 1 is 1.20 bits per heavy atom. The zero-order valence-corrected chi connectivity index (χ0v) is 14.7. The first kappa shape index (κ1) is 16.8. The van der Waals surface area contributed by atoms with Crippen molar-refractivity contribution < 1.29 is 9.53 Å². The summed E-state index contributed by atoms with van der Waals surface area (Å²) < 4.78 is 7.16. The number of nitrogens with zero attached hydrogens (tertiary/aromatic N) is 3. The fourth-order valence-electron chi connectivity index (χ4n) is 2.61. The standard InChI is InChI=1S/C18H21N5O2/c1-18(2,3)25-17(24)22-12-7-5-11(6-8-12)13-9-23(4)16-14(13)15(19)20-10-21-16/h5-10H,1-4H3,(H,22,24)(H2,19,20,21). The monoisotopic (exact) mass is 339 g/mol. The maximum absolute atomic E-state index is 11.8. The molecular formula is C18H21N5O2. The number of benzene rings is 1. The number of fused-ring (bicyclic) bond motifs is 1. The van der Waals surface area contributed by atoms with Crippen LogP contribution < -0.4 is 11.1 Å². The molecule has 7 heteroatoms. The molecule has 0 saturated heterocycles. The Hall–Kier alpha value is -3.09. The Morgan fingerprint density at radius 3 is 2.52 bits per heavy atom. The van der Waals surface area contributed by atoms with Crippen LogP contribution in [0.4, 0.5) is 16.3 Å². The predicted octanol–water partition coefficient (Wildman–Crippen LogP) is 3.56. The molecule has 25 heavy (non-hydrogen) atoms. The van der Waals surface area contributed by atoms with Crippen LogP contribution in [-0.4, -0.2) is 26.2 Å². The third-order valence-corrected chi connectivity index (χ3v) is 3.62. The summed E-state index contributed by atoms with van der Waals surface area (Å²) in [6.45, 7) is 5.47. The van der Waals surface area contributed by atoms with Gasteiger partial charge in [-0.1, -0.05) is 12.1 Å². The molecule has 1 amide bonds. The lowest BCUT2D eigenvalue weighted by atomic mass is 10.1. The summed E-state index contributed by atoms with van der Waals surface area (Å²) in [6, 6.07) is 7.46. The smallest absolute Gasteiger partial charge is 0.412 e. The van der Waals surface area contributed by atoms with E-state index in [1.807, 2.05) is 62.8 Å². The summed E-state index contributed by atoms with van der Waals surface area (Å²) in [5.74, 6) is 0.441. The van der Waals surface area contributed by atoms with Gasteiger partial charge < -0.3 is 15.0 Å². The minimum Gasteiger partial charge on any atom is -0.444 e. The normalized spacial score (nSPS) is 11.5. The van der Waals surface area contributed by atoms with Crippen LogP contribution in [0.1, 0.15) is 20.8 Å². The number of hydrogen-bond acceptors (Lipinski definition) is 5. The highest BCUT2D eigenvalue weighted by Gasteiger charge is 2.17. The Balaban J connectivity index is 1.88. The van der Waals surface area contributed by atoms with E-state index in [2.05, 4.69) is 15.3 Å². The summed E-state index contributed by atoms with van der Waals surface area (Å²) in [6.07, 6.45) is 2.93. The zero-order chi connectivity index (χ0) is 18.2. The molecule has 0 bridgehead atoms. The van der Waals surface area contributed by atoms with Gasteiger partial charge in [0.05, 0.1) is 5.39 Å². The Morgan fingerprint density at radius 2 is 1.88 bits per heavy atom. The van der Waals surface area contributed by atoms with Crippen molar-refractivity contribution in [1.82, 2.24) is 14.5 Å². The molecule has 3 rings (SSSR count).